The normalized spacial score (nSPS) is 18.9. The Balaban J connectivity index is 1.85. The molecule has 0 bridgehead atoms. The summed E-state index contributed by atoms with van der Waals surface area (Å²) in [6.07, 6.45) is 4.58. The van der Waals surface area contributed by atoms with E-state index in [9.17, 15) is 4.79 Å². The molecular weight excluding hydrogens is 254 g/mol. The van der Waals surface area contributed by atoms with Gasteiger partial charge in [-0.05, 0) is 37.7 Å². The van der Waals surface area contributed by atoms with Crippen LogP contribution in [-0.4, -0.2) is 35.3 Å². The van der Waals surface area contributed by atoms with Crippen molar-refractivity contribution in [3.8, 4) is 0 Å². The minimum absolute atomic E-state index is 0.184. The lowest BCUT2D eigenvalue weighted by Crippen LogP contribution is -2.44. The van der Waals surface area contributed by atoms with E-state index in [-0.39, 0.29) is 18.7 Å². The quantitative estimate of drug-likeness (QED) is 0.900. The van der Waals surface area contributed by atoms with E-state index in [4.69, 9.17) is 9.84 Å². The van der Waals surface area contributed by atoms with E-state index < -0.39 is 0 Å². The van der Waals surface area contributed by atoms with Crippen LogP contribution in [0.1, 0.15) is 37.7 Å². The monoisotopic (exact) mass is 277 g/mol. The summed E-state index contributed by atoms with van der Waals surface area (Å²) in [5.74, 6) is 0. The van der Waals surface area contributed by atoms with Crippen molar-refractivity contribution >= 4 is 6.09 Å². The maximum absolute atomic E-state index is 12.2. The average molecular weight is 277 g/mol. The van der Waals surface area contributed by atoms with Gasteiger partial charge in [-0.15, -0.1) is 0 Å². The molecule has 1 aromatic rings. The molecule has 1 aliphatic heterocycles. The molecule has 1 amide bonds. The van der Waals surface area contributed by atoms with Crippen molar-refractivity contribution in [3.05, 3.63) is 35.9 Å². The summed E-state index contributed by atoms with van der Waals surface area (Å²) in [4.78, 5) is 14.0. The molecular formula is C16H23NO3. The van der Waals surface area contributed by atoms with Gasteiger partial charge in [0.05, 0.1) is 0 Å². The van der Waals surface area contributed by atoms with Gasteiger partial charge in [-0.3, -0.25) is 0 Å². The molecule has 0 radical (unpaired) electrons. The third-order valence-electron chi connectivity index (χ3n) is 3.76. The van der Waals surface area contributed by atoms with E-state index in [1.54, 1.807) is 0 Å². The van der Waals surface area contributed by atoms with Crippen LogP contribution in [0.15, 0.2) is 30.3 Å². The molecule has 0 saturated carbocycles. The number of ether oxygens (including phenoxy) is 1. The van der Waals surface area contributed by atoms with Gasteiger partial charge in [0, 0.05) is 19.2 Å². The second-order valence-electron chi connectivity index (χ2n) is 5.25. The summed E-state index contributed by atoms with van der Waals surface area (Å²) in [7, 11) is 0. The molecule has 1 atom stereocenters. The Kier molecular flexibility index (Phi) is 5.87. The highest BCUT2D eigenvalue weighted by atomic mass is 16.6. The Morgan fingerprint density at radius 3 is 2.85 bits per heavy atom. The largest absolute Gasteiger partial charge is 0.445 e. The number of hydrogen-bond acceptors (Lipinski definition) is 3. The summed E-state index contributed by atoms with van der Waals surface area (Å²) in [5, 5.41) is 8.94. The van der Waals surface area contributed by atoms with Crippen LogP contribution in [0.5, 0.6) is 0 Å². The molecule has 0 unspecified atom stereocenters. The number of benzene rings is 1. The highest BCUT2D eigenvalue weighted by molar-refractivity contribution is 5.68. The first-order valence-electron chi connectivity index (χ1n) is 7.39. The van der Waals surface area contributed by atoms with Crippen molar-refractivity contribution in [1.82, 2.24) is 4.90 Å². The molecule has 1 saturated heterocycles. The van der Waals surface area contributed by atoms with Gasteiger partial charge in [0.25, 0.3) is 0 Å². The van der Waals surface area contributed by atoms with Gasteiger partial charge in [0.2, 0.25) is 0 Å². The number of aliphatic hydroxyl groups excluding tert-OH is 1. The zero-order valence-electron chi connectivity index (χ0n) is 11.8. The van der Waals surface area contributed by atoms with Crippen LogP contribution >= 0.6 is 0 Å². The van der Waals surface area contributed by atoms with Crippen molar-refractivity contribution in [2.75, 3.05) is 13.2 Å². The van der Waals surface area contributed by atoms with E-state index in [2.05, 4.69) is 0 Å². The van der Waals surface area contributed by atoms with Crippen molar-refractivity contribution in [3.63, 3.8) is 0 Å². The van der Waals surface area contributed by atoms with Crippen LogP contribution in [0.2, 0.25) is 0 Å². The van der Waals surface area contributed by atoms with E-state index >= 15 is 0 Å². The lowest BCUT2D eigenvalue weighted by molar-refractivity contribution is 0.0641. The maximum atomic E-state index is 12.2. The predicted molar refractivity (Wildman–Crippen MR) is 77.3 cm³/mol. The summed E-state index contributed by atoms with van der Waals surface area (Å²) in [6, 6.07) is 9.95. The average Bonchev–Trinajstić information content (AvgIpc) is 2.52. The minimum atomic E-state index is -0.225. The molecule has 1 heterocycles. The molecule has 1 aliphatic rings. The van der Waals surface area contributed by atoms with Gasteiger partial charge < -0.3 is 14.7 Å². The number of rotatable bonds is 5. The van der Waals surface area contributed by atoms with Gasteiger partial charge in [-0.1, -0.05) is 30.3 Å². The second-order valence-corrected chi connectivity index (χ2v) is 5.25. The predicted octanol–water partition coefficient (Wildman–Crippen LogP) is 2.95. The third kappa shape index (κ3) is 4.23. The first-order chi connectivity index (χ1) is 9.81. The topological polar surface area (TPSA) is 49.8 Å². The Hall–Kier alpha value is -1.55. The van der Waals surface area contributed by atoms with E-state index in [1.165, 1.54) is 0 Å². The number of carbonyl (C=O) groups excluding carboxylic acids is 1. The fourth-order valence-corrected chi connectivity index (χ4v) is 2.67. The Morgan fingerprint density at radius 1 is 1.30 bits per heavy atom. The smallest absolute Gasteiger partial charge is 0.410 e. The van der Waals surface area contributed by atoms with E-state index in [0.717, 1.165) is 44.2 Å². The second kappa shape index (κ2) is 7.90. The molecule has 1 fully saturated rings. The Morgan fingerprint density at radius 2 is 2.10 bits per heavy atom. The highest BCUT2D eigenvalue weighted by Gasteiger charge is 2.27. The summed E-state index contributed by atoms with van der Waals surface area (Å²) in [6.45, 7) is 1.27. The van der Waals surface area contributed by atoms with Crippen LogP contribution in [0.3, 0.4) is 0 Å². The fourth-order valence-electron chi connectivity index (χ4n) is 2.67. The van der Waals surface area contributed by atoms with Crippen molar-refractivity contribution in [1.29, 1.82) is 0 Å². The molecule has 4 nitrogen and oxygen atoms in total. The standard InChI is InChI=1S/C16H23NO3/c18-12-6-10-15-9-4-5-11-17(15)16(19)20-13-14-7-2-1-3-8-14/h1-3,7-8,15,18H,4-6,9-13H2/t15-/m0/s1. The zero-order chi connectivity index (χ0) is 14.2. The summed E-state index contributed by atoms with van der Waals surface area (Å²) >= 11 is 0. The van der Waals surface area contributed by atoms with Gasteiger partial charge in [-0.2, -0.15) is 0 Å². The molecule has 0 spiro atoms. The zero-order valence-corrected chi connectivity index (χ0v) is 11.8. The molecule has 0 aliphatic carbocycles. The molecule has 110 valence electrons. The van der Waals surface area contributed by atoms with Gasteiger partial charge in [-0.25, -0.2) is 4.79 Å². The number of hydrogen-bond donors (Lipinski definition) is 1. The van der Waals surface area contributed by atoms with Crippen LogP contribution in [0.25, 0.3) is 0 Å². The number of amides is 1. The van der Waals surface area contributed by atoms with E-state index in [0.29, 0.717) is 6.61 Å². The molecule has 4 heteroatoms. The molecule has 1 aromatic carbocycles. The number of piperidine rings is 1. The number of aliphatic hydroxyl groups is 1. The third-order valence-corrected chi connectivity index (χ3v) is 3.76. The first kappa shape index (κ1) is 14.9. The number of likely N-dealkylation sites (tertiary alicyclic amines) is 1. The minimum Gasteiger partial charge on any atom is -0.445 e. The van der Waals surface area contributed by atoms with Gasteiger partial charge in [0.1, 0.15) is 6.61 Å². The van der Waals surface area contributed by atoms with Crippen LogP contribution in [0.4, 0.5) is 4.79 Å². The summed E-state index contributed by atoms with van der Waals surface area (Å²) in [5.41, 5.74) is 1.00. The number of nitrogens with zero attached hydrogens (tertiary/aromatic N) is 1. The molecule has 1 N–H and O–H groups in total. The van der Waals surface area contributed by atoms with E-state index in [1.807, 2.05) is 35.2 Å². The SMILES string of the molecule is O=C(OCc1ccccc1)N1CCCC[C@H]1CCCO. The Bertz CT molecular complexity index is 407. The van der Waals surface area contributed by atoms with Gasteiger partial charge in [0.15, 0.2) is 0 Å². The highest BCUT2D eigenvalue weighted by Crippen LogP contribution is 2.21. The van der Waals surface area contributed by atoms with Crippen LogP contribution in [0, 0.1) is 0 Å². The van der Waals surface area contributed by atoms with Crippen molar-refractivity contribution < 1.29 is 14.6 Å². The van der Waals surface area contributed by atoms with Crippen LogP contribution in [-0.2, 0) is 11.3 Å². The molecule has 2 rings (SSSR count). The Labute approximate surface area is 120 Å². The first-order valence-corrected chi connectivity index (χ1v) is 7.39. The van der Waals surface area contributed by atoms with Crippen molar-refractivity contribution in [2.45, 2.75) is 44.8 Å². The van der Waals surface area contributed by atoms with Crippen molar-refractivity contribution in [2.24, 2.45) is 0 Å². The summed E-state index contributed by atoms with van der Waals surface area (Å²) < 4.78 is 5.40. The van der Waals surface area contributed by atoms with Crippen LogP contribution < -0.4 is 0 Å². The number of carbonyl (C=O) groups is 1. The molecule has 20 heavy (non-hydrogen) atoms. The fraction of sp³-hybridized carbons (Fsp3) is 0.562. The lowest BCUT2D eigenvalue weighted by Gasteiger charge is -2.34. The molecule has 0 aromatic heterocycles. The van der Waals surface area contributed by atoms with Gasteiger partial charge >= 0.3 is 6.09 Å². The maximum Gasteiger partial charge on any atom is 0.410 e. The lowest BCUT2D eigenvalue weighted by atomic mass is 9.99.